The second-order valence-corrected chi connectivity index (χ2v) is 3.46. The summed E-state index contributed by atoms with van der Waals surface area (Å²) in [4.78, 5) is 10.7. The van der Waals surface area contributed by atoms with Crippen molar-refractivity contribution in [3.63, 3.8) is 0 Å². The molecule has 3 heteroatoms. The molecule has 0 bridgehead atoms. The normalized spacial score (nSPS) is 9.19. The van der Waals surface area contributed by atoms with E-state index in [4.69, 9.17) is 9.47 Å². The molecule has 0 saturated carbocycles. The maximum absolute atomic E-state index is 10.7. The summed E-state index contributed by atoms with van der Waals surface area (Å²) in [6.07, 6.45) is 1.65. The van der Waals surface area contributed by atoms with E-state index in [0.717, 1.165) is 0 Å². The average Bonchev–Trinajstić information content (AvgIpc) is 2.14. The van der Waals surface area contributed by atoms with Gasteiger partial charge in [0.05, 0.1) is 6.61 Å². The fourth-order valence-electron chi connectivity index (χ4n) is 0.840. The maximum atomic E-state index is 10.7. The van der Waals surface area contributed by atoms with E-state index in [-0.39, 0.29) is 5.97 Å². The molecule has 3 nitrogen and oxygen atoms in total. The lowest BCUT2D eigenvalue weighted by molar-refractivity contribution is -0.148. The fraction of sp³-hybridized carbons (Fsp3) is 0.462. The van der Waals surface area contributed by atoms with Crippen molar-refractivity contribution >= 4 is 5.97 Å². The Balaban J connectivity index is 4.07. The smallest absolute Gasteiger partial charge is 0.304 e. The SMILES string of the molecule is C=CCOCC#CC#CC(C)(C)OC(C)=O. The molecule has 0 aromatic heterocycles. The Kier molecular flexibility index (Phi) is 6.76. The maximum Gasteiger partial charge on any atom is 0.304 e. The van der Waals surface area contributed by atoms with Crippen LogP contribution >= 0.6 is 0 Å². The van der Waals surface area contributed by atoms with Gasteiger partial charge in [0.2, 0.25) is 0 Å². The molecule has 0 fully saturated rings. The van der Waals surface area contributed by atoms with Crippen LogP contribution in [0.5, 0.6) is 0 Å². The number of carbonyl (C=O) groups excluding carboxylic acids is 1. The molecule has 0 spiro atoms. The van der Waals surface area contributed by atoms with E-state index < -0.39 is 5.60 Å². The lowest BCUT2D eigenvalue weighted by Crippen LogP contribution is -2.24. The highest BCUT2D eigenvalue weighted by Crippen LogP contribution is 2.06. The van der Waals surface area contributed by atoms with Gasteiger partial charge in [0.25, 0.3) is 0 Å². The third-order valence-corrected chi connectivity index (χ3v) is 1.32. The van der Waals surface area contributed by atoms with E-state index >= 15 is 0 Å². The van der Waals surface area contributed by atoms with Crippen molar-refractivity contribution in [3.05, 3.63) is 12.7 Å². The van der Waals surface area contributed by atoms with Crippen LogP contribution in [0.2, 0.25) is 0 Å². The zero-order chi connectivity index (χ0) is 12.4. The first-order valence-corrected chi connectivity index (χ1v) is 4.86. The Hall–Kier alpha value is -1.71. The summed E-state index contributed by atoms with van der Waals surface area (Å²) < 4.78 is 9.99. The lowest BCUT2D eigenvalue weighted by Gasteiger charge is -2.16. The monoisotopic (exact) mass is 220 g/mol. The Morgan fingerprint density at radius 1 is 1.44 bits per heavy atom. The van der Waals surface area contributed by atoms with Gasteiger partial charge in [0.1, 0.15) is 6.61 Å². The molecule has 0 aliphatic rings. The van der Waals surface area contributed by atoms with Crippen molar-refractivity contribution in [1.29, 1.82) is 0 Å². The van der Waals surface area contributed by atoms with Crippen molar-refractivity contribution in [3.8, 4) is 23.7 Å². The predicted molar refractivity (Wildman–Crippen MR) is 62.4 cm³/mol. The van der Waals surface area contributed by atoms with Crippen LogP contribution in [-0.4, -0.2) is 24.8 Å². The molecule has 0 radical (unpaired) electrons. The molecule has 0 atom stereocenters. The molecule has 0 aromatic carbocycles. The van der Waals surface area contributed by atoms with Gasteiger partial charge in [0.15, 0.2) is 5.60 Å². The minimum Gasteiger partial charge on any atom is -0.447 e. The Morgan fingerprint density at radius 3 is 2.69 bits per heavy atom. The van der Waals surface area contributed by atoms with E-state index in [0.29, 0.717) is 13.2 Å². The zero-order valence-corrected chi connectivity index (χ0v) is 9.92. The van der Waals surface area contributed by atoms with Crippen LogP contribution in [-0.2, 0) is 14.3 Å². The molecule has 0 heterocycles. The van der Waals surface area contributed by atoms with Gasteiger partial charge in [-0.25, -0.2) is 0 Å². The third kappa shape index (κ3) is 8.87. The van der Waals surface area contributed by atoms with Crippen LogP contribution < -0.4 is 0 Å². The van der Waals surface area contributed by atoms with Gasteiger partial charge in [-0.3, -0.25) is 4.79 Å². The molecule has 0 saturated heterocycles. The summed E-state index contributed by atoms with van der Waals surface area (Å²) >= 11 is 0. The minimum absolute atomic E-state index is 0.314. The number of carbonyl (C=O) groups is 1. The molecular weight excluding hydrogens is 204 g/mol. The third-order valence-electron chi connectivity index (χ3n) is 1.32. The van der Waals surface area contributed by atoms with Crippen LogP contribution in [0, 0.1) is 23.7 Å². The topological polar surface area (TPSA) is 35.5 Å². The minimum atomic E-state index is -0.803. The van der Waals surface area contributed by atoms with Gasteiger partial charge in [0, 0.05) is 6.92 Å². The number of rotatable bonds is 4. The summed E-state index contributed by atoms with van der Waals surface area (Å²) in [7, 11) is 0. The number of hydrogen-bond donors (Lipinski definition) is 0. The molecular formula is C13H16O3. The van der Waals surface area contributed by atoms with Gasteiger partial charge >= 0.3 is 5.97 Å². The van der Waals surface area contributed by atoms with Crippen molar-refractivity contribution in [1.82, 2.24) is 0 Å². The largest absolute Gasteiger partial charge is 0.447 e. The van der Waals surface area contributed by atoms with Crippen molar-refractivity contribution in [2.45, 2.75) is 26.4 Å². The van der Waals surface area contributed by atoms with Crippen LogP contribution in [0.1, 0.15) is 20.8 Å². The van der Waals surface area contributed by atoms with E-state index in [9.17, 15) is 4.79 Å². The molecule has 16 heavy (non-hydrogen) atoms. The van der Waals surface area contributed by atoms with Gasteiger partial charge in [-0.1, -0.05) is 12.0 Å². The van der Waals surface area contributed by atoms with E-state index in [2.05, 4.69) is 30.3 Å². The summed E-state index contributed by atoms with van der Waals surface area (Å²) in [6, 6.07) is 0. The quantitative estimate of drug-likeness (QED) is 0.312. The molecule has 0 rings (SSSR count). The average molecular weight is 220 g/mol. The van der Waals surface area contributed by atoms with Crippen molar-refractivity contribution in [2.75, 3.05) is 13.2 Å². The Bertz CT molecular complexity index is 358. The summed E-state index contributed by atoms with van der Waals surface area (Å²) in [5.74, 6) is 10.3. The van der Waals surface area contributed by atoms with E-state index in [1.165, 1.54) is 6.92 Å². The van der Waals surface area contributed by atoms with Crippen LogP contribution in [0.25, 0.3) is 0 Å². The Labute approximate surface area is 96.8 Å². The van der Waals surface area contributed by atoms with Crippen LogP contribution in [0.15, 0.2) is 12.7 Å². The summed E-state index contributed by atoms with van der Waals surface area (Å²) in [5, 5.41) is 0. The number of hydrogen-bond acceptors (Lipinski definition) is 3. The molecule has 0 amide bonds. The first-order chi connectivity index (χ1) is 7.48. The van der Waals surface area contributed by atoms with Crippen molar-refractivity contribution < 1.29 is 14.3 Å². The second-order valence-electron chi connectivity index (χ2n) is 3.46. The Morgan fingerprint density at radius 2 is 2.12 bits per heavy atom. The van der Waals surface area contributed by atoms with Crippen LogP contribution in [0.3, 0.4) is 0 Å². The predicted octanol–water partition coefficient (Wildman–Crippen LogP) is 1.54. The summed E-state index contributed by atoms with van der Waals surface area (Å²) in [6.45, 7) is 9.05. The zero-order valence-electron chi connectivity index (χ0n) is 9.92. The van der Waals surface area contributed by atoms with Gasteiger partial charge in [-0.05, 0) is 31.6 Å². The molecule has 0 N–H and O–H groups in total. The van der Waals surface area contributed by atoms with Crippen LogP contribution in [0.4, 0.5) is 0 Å². The summed E-state index contributed by atoms with van der Waals surface area (Å²) in [5.41, 5.74) is -0.803. The van der Waals surface area contributed by atoms with E-state index in [1.54, 1.807) is 19.9 Å². The molecule has 0 unspecified atom stereocenters. The van der Waals surface area contributed by atoms with Crippen molar-refractivity contribution in [2.24, 2.45) is 0 Å². The van der Waals surface area contributed by atoms with Gasteiger partial charge in [-0.2, -0.15) is 0 Å². The highest BCUT2D eigenvalue weighted by molar-refractivity contribution is 5.67. The fourth-order valence-corrected chi connectivity index (χ4v) is 0.840. The first kappa shape index (κ1) is 14.3. The second kappa shape index (κ2) is 7.56. The highest BCUT2D eigenvalue weighted by Gasteiger charge is 2.16. The number of ether oxygens (including phenoxy) is 2. The molecule has 0 aromatic rings. The molecule has 86 valence electrons. The molecule has 0 aliphatic heterocycles. The number of esters is 1. The first-order valence-electron chi connectivity index (χ1n) is 4.86. The lowest BCUT2D eigenvalue weighted by atomic mass is 10.1. The van der Waals surface area contributed by atoms with Gasteiger partial charge in [-0.15, -0.1) is 6.58 Å². The highest BCUT2D eigenvalue weighted by atomic mass is 16.6. The molecule has 0 aliphatic carbocycles. The standard InChI is InChI=1S/C13H16O3/c1-5-10-15-11-8-6-7-9-13(3,4)16-12(2)14/h5H,1,10-11H2,2-4H3. The van der Waals surface area contributed by atoms with Gasteiger partial charge < -0.3 is 9.47 Å². The van der Waals surface area contributed by atoms with E-state index in [1.807, 2.05) is 0 Å².